The molecule has 2 aromatic rings. The van der Waals surface area contributed by atoms with Gasteiger partial charge in [-0.1, -0.05) is 61.9 Å². The predicted octanol–water partition coefficient (Wildman–Crippen LogP) is 5.51. The minimum absolute atomic E-state index is 0.114. The summed E-state index contributed by atoms with van der Waals surface area (Å²) in [5.74, 6) is 0.666. The topological polar surface area (TPSA) is 35.5 Å². The molecule has 6 heteroatoms. The Labute approximate surface area is 186 Å². The van der Waals surface area contributed by atoms with E-state index in [0.29, 0.717) is 5.92 Å². The highest BCUT2D eigenvalue weighted by Crippen LogP contribution is 2.24. The van der Waals surface area contributed by atoms with Crippen LogP contribution in [0.5, 0.6) is 0 Å². The molecule has 3 nitrogen and oxygen atoms in total. The number of aliphatic hydroxyl groups excluding tert-OH is 1. The van der Waals surface area contributed by atoms with E-state index >= 15 is 0 Å². The van der Waals surface area contributed by atoms with Crippen LogP contribution < -0.4 is 5.32 Å². The lowest BCUT2D eigenvalue weighted by molar-refractivity contribution is 0.282. The Balaban J connectivity index is 0.000000670. The van der Waals surface area contributed by atoms with Crippen molar-refractivity contribution in [2.24, 2.45) is 5.92 Å². The lowest BCUT2D eigenvalue weighted by atomic mass is 10.2. The Morgan fingerprint density at radius 1 is 1.04 bits per heavy atom. The summed E-state index contributed by atoms with van der Waals surface area (Å²) in [6.45, 7) is 9.93. The molecule has 0 atom stereocenters. The summed E-state index contributed by atoms with van der Waals surface area (Å²) in [5.41, 5.74) is 2.29. The van der Waals surface area contributed by atoms with Gasteiger partial charge in [-0.05, 0) is 62.5 Å². The molecular weight excluding hydrogens is 404 g/mol. The van der Waals surface area contributed by atoms with Gasteiger partial charge in [0.1, 0.15) is 0 Å². The van der Waals surface area contributed by atoms with Crippen LogP contribution in [0.2, 0.25) is 0 Å². The number of nitrogens with zero attached hydrogens (tertiary/aromatic N) is 1. The molecule has 28 heavy (non-hydrogen) atoms. The smallest absolute Gasteiger partial charge is 0.0681 e. The van der Waals surface area contributed by atoms with Crippen LogP contribution in [0.15, 0.2) is 59.5 Å². The Kier molecular flexibility index (Phi) is 18.0. The lowest BCUT2D eigenvalue weighted by Crippen LogP contribution is -2.24. The summed E-state index contributed by atoms with van der Waals surface area (Å²) in [4.78, 5) is 1.24. The first-order valence-electron chi connectivity index (χ1n) is 9.54. The molecule has 0 saturated heterocycles. The van der Waals surface area contributed by atoms with Gasteiger partial charge in [0.15, 0.2) is 0 Å². The number of hydrogen-bond acceptors (Lipinski definition) is 6. The fraction of sp³-hybridized carbons (Fsp3) is 0.455. The summed E-state index contributed by atoms with van der Waals surface area (Å²) in [6.07, 6.45) is 1.16. The molecule has 0 fully saturated rings. The molecular formula is C22H36N2OS3. The van der Waals surface area contributed by atoms with Gasteiger partial charge in [0.2, 0.25) is 0 Å². The maximum Gasteiger partial charge on any atom is 0.0681 e. The van der Waals surface area contributed by atoms with Gasteiger partial charge >= 0.3 is 0 Å². The summed E-state index contributed by atoms with van der Waals surface area (Å²) in [5, 5.41) is 12.2. The Morgan fingerprint density at radius 2 is 1.64 bits per heavy atom. The monoisotopic (exact) mass is 440 g/mol. The quantitative estimate of drug-likeness (QED) is 0.179. The van der Waals surface area contributed by atoms with Gasteiger partial charge in [-0.15, -0.1) is 23.3 Å². The van der Waals surface area contributed by atoms with Gasteiger partial charge in [-0.25, -0.2) is 4.31 Å². The minimum Gasteiger partial charge on any atom is -0.392 e. The van der Waals surface area contributed by atoms with E-state index in [2.05, 4.69) is 78.0 Å². The second kappa shape index (κ2) is 18.4. The second-order valence-corrected chi connectivity index (χ2v) is 7.96. The molecule has 0 saturated carbocycles. The number of aliphatic hydroxyl groups is 1. The molecule has 2 N–H and O–H groups in total. The van der Waals surface area contributed by atoms with E-state index in [0.717, 1.165) is 31.6 Å². The number of hydrogen-bond donors (Lipinski definition) is 4. The van der Waals surface area contributed by atoms with Crippen molar-refractivity contribution in [3.63, 3.8) is 0 Å². The van der Waals surface area contributed by atoms with Crippen molar-refractivity contribution in [3.05, 3.63) is 65.7 Å². The molecule has 158 valence electrons. The van der Waals surface area contributed by atoms with Crippen LogP contribution in [0.4, 0.5) is 0 Å². The largest absolute Gasteiger partial charge is 0.392 e. The molecule has 2 aromatic carbocycles. The van der Waals surface area contributed by atoms with Gasteiger partial charge < -0.3 is 10.4 Å². The number of benzene rings is 2. The van der Waals surface area contributed by atoms with Crippen molar-refractivity contribution in [2.45, 2.75) is 38.7 Å². The van der Waals surface area contributed by atoms with Gasteiger partial charge in [-0.2, -0.15) is 0 Å². The van der Waals surface area contributed by atoms with E-state index in [1.54, 1.807) is 0 Å². The van der Waals surface area contributed by atoms with Gasteiger partial charge in [0.25, 0.3) is 0 Å². The third-order valence-electron chi connectivity index (χ3n) is 3.68. The van der Waals surface area contributed by atoms with Crippen LogP contribution in [-0.2, 0) is 6.61 Å². The molecule has 0 aliphatic carbocycles. The molecule has 2 rings (SSSR count). The van der Waals surface area contributed by atoms with E-state index in [1.807, 2.05) is 49.3 Å². The Morgan fingerprint density at radius 3 is 2.07 bits per heavy atom. The fourth-order valence-corrected chi connectivity index (χ4v) is 3.50. The second-order valence-electron chi connectivity index (χ2n) is 6.79. The number of aryl methyl sites for hydroxylation is 1. The highest BCUT2D eigenvalue weighted by Gasteiger charge is 2.09. The summed E-state index contributed by atoms with van der Waals surface area (Å²) in [6, 6.07) is 18.4. The van der Waals surface area contributed by atoms with Crippen molar-refractivity contribution >= 4 is 35.3 Å². The van der Waals surface area contributed by atoms with Crippen LogP contribution in [0.25, 0.3) is 0 Å². The zero-order valence-electron chi connectivity index (χ0n) is 17.5. The van der Waals surface area contributed by atoms with Gasteiger partial charge in [0.05, 0.1) is 6.61 Å². The third-order valence-corrected chi connectivity index (χ3v) is 4.76. The van der Waals surface area contributed by atoms with Crippen molar-refractivity contribution in [2.75, 3.05) is 26.7 Å². The molecule has 0 heterocycles. The predicted molar refractivity (Wildman–Crippen MR) is 132 cm³/mol. The van der Waals surface area contributed by atoms with Crippen LogP contribution in [0.1, 0.15) is 31.4 Å². The minimum atomic E-state index is 0.114. The van der Waals surface area contributed by atoms with Crippen molar-refractivity contribution in [1.82, 2.24) is 9.62 Å². The fourth-order valence-electron chi connectivity index (χ4n) is 2.35. The van der Waals surface area contributed by atoms with E-state index in [-0.39, 0.29) is 6.61 Å². The van der Waals surface area contributed by atoms with E-state index in [9.17, 15) is 0 Å². The van der Waals surface area contributed by atoms with Crippen molar-refractivity contribution < 1.29 is 5.11 Å². The van der Waals surface area contributed by atoms with Crippen LogP contribution in [0.3, 0.4) is 0 Å². The van der Waals surface area contributed by atoms with Crippen molar-refractivity contribution in [3.8, 4) is 0 Å². The maximum atomic E-state index is 9.05. The number of nitrogens with one attached hydrogen (secondary N) is 1. The first-order valence-corrected chi connectivity index (χ1v) is 11.9. The maximum absolute atomic E-state index is 9.05. The molecule has 0 aliphatic heterocycles. The zero-order chi connectivity index (χ0) is 21.2. The molecule has 0 spiro atoms. The molecule has 0 amide bonds. The average molecular weight is 441 g/mol. The van der Waals surface area contributed by atoms with E-state index in [1.165, 1.54) is 10.5 Å². The standard InChI is InChI=1S/C15H26N2OS.C7H8.H2S2/c1-13(2)11-17(10-4-9-16-3)19-15-7-5-14(12-18)6-8-15;1-7-5-3-2-4-6-7;1-2/h5-8,13,16,18H,4,9-12H2,1-3H3;2-6H,1H3;1-2H. The molecule has 0 aliphatic rings. The van der Waals surface area contributed by atoms with Crippen LogP contribution in [0, 0.1) is 12.8 Å². The van der Waals surface area contributed by atoms with Crippen LogP contribution >= 0.6 is 35.3 Å². The van der Waals surface area contributed by atoms with Crippen molar-refractivity contribution in [1.29, 1.82) is 0 Å². The third kappa shape index (κ3) is 14.4. The van der Waals surface area contributed by atoms with Gasteiger partial charge in [-0.3, -0.25) is 0 Å². The summed E-state index contributed by atoms with van der Waals surface area (Å²) in [7, 11) is 1.99. The first-order chi connectivity index (χ1) is 13.5. The molecule has 0 radical (unpaired) electrons. The normalized spacial score (nSPS) is 10.2. The summed E-state index contributed by atoms with van der Waals surface area (Å²) >= 11 is 8.26. The Hall–Kier alpha value is -0.630. The SMILES string of the molecule is CNCCCN(CC(C)C)Sc1ccc(CO)cc1.Cc1ccccc1.SS. The number of thiol groups is 2. The van der Waals surface area contributed by atoms with Crippen LogP contribution in [-0.4, -0.2) is 36.1 Å². The highest BCUT2D eigenvalue weighted by atomic mass is 33.1. The lowest BCUT2D eigenvalue weighted by Gasteiger charge is -2.23. The molecule has 0 bridgehead atoms. The Bertz CT molecular complexity index is 580. The molecule has 0 unspecified atom stereocenters. The highest BCUT2D eigenvalue weighted by molar-refractivity contribution is 8.59. The zero-order valence-corrected chi connectivity index (χ0v) is 20.1. The average Bonchev–Trinajstić information content (AvgIpc) is 2.71. The summed E-state index contributed by atoms with van der Waals surface area (Å²) < 4.78 is 2.43. The first kappa shape index (κ1) is 27.4. The van der Waals surface area contributed by atoms with Gasteiger partial charge in [0, 0.05) is 18.0 Å². The van der Waals surface area contributed by atoms with E-state index < -0.39 is 0 Å². The molecule has 0 aromatic heterocycles. The number of rotatable bonds is 9. The van der Waals surface area contributed by atoms with E-state index in [4.69, 9.17) is 5.11 Å².